The lowest BCUT2D eigenvalue weighted by molar-refractivity contribution is -0.144. The lowest BCUT2D eigenvalue weighted by Gasteiger charge is -2.54. The molecule has 3 amide bonds. The van der Waals surface area contributed by atoms with Crippen LogP contribution < -0.4 is 10.6 Å². The summed E-state index contributed by atoms with van der Waals surface area (Å²) in [6.07, 6.45) is 4.03. The van der Waals surface area contributed by atoms with Crippen molar-refractivity contribution in [3.05, 3.63) is 38.0 Å². The number of carbonyl (C=O) groups is 6. The van der Waals surface area contributed by atoms with Crippen molar-refractivity contribution in [2.45, 2.75) is 69.9 Å². The summed E-state index contributed by atoms with van der Waals surface area (Å²) in [6, 6.07) is -0.157. The van der Waals surface area contributed by atoms with Crippen molar-refractivity contribution >= 4 is 36.2 Å². The van der Waals surface area contributed by atoms with E-state index in [9.17, 15) is 28.8 Å². The molecule has 1 aliphatic heterocycles. The zero-order valence-electron chi connectivity index (χ0n) is 29.0. The molecule has 0 spiro atoms. The maximum atomic E-state index is 13.4. The molecule has 280 valence electrons. The van der Waals surface area contributed by atoms with Crippen molar-refractivity contribution in [3.63, 3.8) is 0 Å². The molecule has 0 radical (unpaired) electrons. The normalized spacial score (nSPS) is 19.6. The molecule has 1 saturated heterocycles. The predicted octanol–water partition coefficient (Wildman–Crippen LogP) is 1.84. The molecule has 2 N–H and O–H groups in total. The van der Waals surface area contributed by atoms with Gasteiger partial charge >= 0.3 is 36.2 Å². The maximum Gasteiger partial charge on any atom is 0.411 e. The van der Waals surface area contributed by atoms with Crippen molar-refractivity contribution in [3.8, 4) is 0 Å². The van der Waals surface area contributed by atoms with Gasteiger partial charge in [-0.1, -0.05) is 51.8 Å². The monoisotopic (exact) mass is 710 g/mol. The summed E-state index contributed by atoms with van der Waals surface area (Å²) in [5, 5.41) is 6.50. The topological polar surface area (TPSA) is 195 Å². The van der Waals surface area contributed by atoms with E-state index in [1.165, 1.54) is 35.8 Å². The highest BCUT2D eigenvalue weighted by Gasteiger charge is 2.46. The quantitative estimate of drug-likeness (QED) is 0.102. The Hall–Kier alpha value is -4.68. The second-order valence-electron chi connectivity index (χ2n) is 11.2. The van der Waals surface area contributed by atoms with E-state index in [4.69, 9.17) is 28.4 Å². The first-order valence-electron chi connectivity index (χ1n) is 16.3. The molecule has 0 aromatic rings. The van der Waals surface area contributed by atoms with Crippen molar-refractivity contribution in [2.75, 3.05) is 60.8 Å². The number of rotatable bonds is 16. The molecule has 1 saturated carbocycles. The van der Waals surface area contributed by atoms with Crippen LogP contribution in [0.3, 0.4) is 0 Å². The van der Waals surface area contributed by atoms with Crippen LogP contribution in [0.4, 0.5) is 14.4 Å². The molecule has 18 nitrogen and oxygen atoms in total. The molecule has 2 atom stereocenters. The predicted molar refractivity (Wildman–Crippen MR) is 176 cm³/mol. The number of amides is 3. The van der Waals surface area contributed by atoms with E-state index in [0.717, 1.165) is 63.2 Å². The van der Waals surface area contributed by atoms with E-state index in [0.29, 0.717) is 0 Å². The molecule has 0 bridgehead atoms. The summed E-state index contributed by atoms with van der Waals surface area (Å²) < 4.78 is 30.7. The summed E-state index contributed by atoms with van der Waals surface area (Å²) in [5.74, 6) is -2.01. The van der Waals surface area contributed by atoms with Crippen LogP contribution in [0.5, 0.6) is 0 Å². The Balaban J connectivity index is 2.39. The summed E-state index contributed by atoms with van der Waals surface area (Å²) in [6.45, 7) is 8.64. The molecule has 18 heteroatoms. The lowest BCUT2D eigenvalue weighted by atomic mass is 9.95. The first kappa shape index (κ1) is 41.5. The second-order valence-corrected chi connectivity index (χ2v) is 11.2. The fourth-order valence-electron chi connectivity index (χ4n) is 5.22. The molecule has 0 aromatic heterocycles. The maximum absolute atomic E-state index is 13.4. The van der Waals surface area contributed by atoms with Gasteiger partial charge in [0.25, 0.3) is 0 Å². The highest BCUT2D eigenvalue weighted by molar-refractivity contribution is 5.81. The SMILES string of the molecule is C=CC(=O)OCCOC(=O)N(C)C1NC(N(C)C(=O)OCCOC(=O)C=C)N(C2CCCCCCC2)C(N(C)C(=O)OCCOC(=O)C=C)N1. The number of esters is 3. The summed E-state index contributed by atoms with van der Waals surface area (Å²) in [7, 11) is 4.41. The van der Waals surface area contributed by atoms with E-state index >= 15 is 0 Å². The van der Waals surface area contributed by atoms with Crippen LogP contribution >= 0.6 is 0 Å². The van der Waals surface area contributed by atoms with Crippen LogP contribution in [0.1, 0.15) is 44.9 Å². The van der Waals surface area contributed by atoms with Gasteiger partial charge in [0.1, 0.15) is 58.5 Å². The fourth-order valence-corrected chi connectivity index (χ4v) is 5.22. The first-order chi connectivity index (χ1) is 23.9. The molecule has 2 aliphatic rings. The van der Waals surface area contributed by atoms with Gasteiger partial charge in [-0.3, -0.25) is 25.3 Å². The first-order valence-corrected chi connectivity index (χ1v) is 16.3. The fraction of sp³-hybridized carbons (Fsp3) is 0.625. The minimum Gasteiger partial charge on any atom is -0.459 e. The molecule has 50 heavy (non-hydrogen) atoms. The number of carbonyl (C=O) groups excluding carboxylic acids is 6. The zero-order valence-corrected chi connectivity index (χ0v) is 29.0. The van der Waals surface area contributed by atoms with Crippen LogP contribution in [0, 0.1) is 0 Å². The third kappa shape index (κ3) is 13.3. The van der Waals surface area contributed by atoms with Gasteiger partial charge < -0.3 is 28.4 Å². The third-order valence-electron chi connectivity index (χ3n) is 7.82. The third-order valence-corrected chi connectivity index (χ3v) is 7.82. The molecule has 0 aromatic carbocycles. The Kier molecular flexibility index (Phi) is 18.4. The Morgan fingerprint density at radius 2 is 0.880 bits per heavy atom. The van der Waals surface area contributed by atoms with E-state index in [1.807, 2.05) is 4.90 Å². The van der Waals surface area contributed by atoms with E-state index in [-0.39, 0.29) is 45.7 Å². The minimum absolute atomic E-state index is 0.157. The van der Waals surface area contributed by atoms with Gasteiger partial charge in [-0.15, -0.1) is 0 Å². The van der Waals surface area contributed by atoms with Gasteiger partial charge in [0.2, 0.25) is 0 Å². The molecule has 2 unspecified atom stereocenters. The van der Waals surface area contributed by atoms with E-state index in [1.54, 1.807) is 0 Å². The molecular formula is C32H50N6O12. The van der Waals surface area contributed by atoms with Crippen LogP contribution in [-0.4, -0.2) is 141 Å². The molecular weight excluding hydrogens is 660 g/mol. The van der Waals surface area contributed by atoms with Crippen LogP contribution in [-0.2, 0) is 42.8 Å². The average molecular weight is 711 g/mol. The molecule has 2 rings (SSSR count). The van der Waals surface area contributed by atoms with Crippen molar-refractivity contribution in [1.29, 1.82) is 0 Å². The Bertz CT molecular complexity index is 1140. The van der Waals surface area contributed by atoms with Crippen LogP contribution in [0.15, 0.2) is 38.0 Å². The number of nitrogens with zero attached hydrogens (tertiary/aromatic N) is 4. The molecule has 1 heterocycles. The van der Waals surface area contributed by atoms with E-state index < -0.39 is 55.1 Å². The molecule has 1 aliphatic carbocycles. The Labute approximate surface area is 292 Å². The van der Waals surface area contributed by atoms with Gasteiger partial charge in [0.05, 0.1) is 0 Å². The Morgan fingerprint density at radius 3 is 1.24 bits per heavy atom. The number of ether oxygens (including phenoxy) is 6. The number of hydrogen-bond donors (Lipinski definition) is 2. The Morgan fingerprint density at radius 1 is 0.560 bits per heavy atom. The van der Waals surface area contributed by atoms with Crippen molar-refractivity contribution in [1.82, 2.24) is 30.2 Å². The molecule has 2 fully saturated rings. The second kappa shape index (κ2) is 22.1. The number of hydrogen-bond acceptors (Lipinski definition) is 15. The van der Waals surface area contributed by atoms with Crippen molar-refractivity contribution < 1.29 is 57.2 Å². The van der Waals surface area contributed by atoms with Crippen molar-refractivity contribution in [2.24, 2.45) is 0 Å². The van der Waals surface area contributed by atoms with E-state index in [2.05, 4.69) is 30.4 Å². The van der Waals surface area contributed by atoms with Gasteiger partial charge in [0, 0.05) is 45.4 Å². The highest BCUT2D eigenvalue weighted by Crippen LogP contribution is 2.28. The van der Waals surface area contributed by atoms with Gasteiger partial charge in [-0.25, -0.2) is 33.7 Å². The average Bonchev–Trinajstić information content (AvgIpc) is 3.11. The summed E-state index contributed by atoms with van der Waals surface area (Å²) in [4.78, 5) is 79.7. The largest absolute Gasteiger partial charge is 0.459 e. The smallest absolute Gasteiger partial charge is 0.411 e. The van der Waals surface area contributed by atoms with Gasteiger partial charge in [-0.05, 0) is 12.8 Å². The number of nitrogens with one attached hydrogen (secondary N) is 2. The van der Waals surface area contributed by atoms with Gasteiger partial charge in [-0.2, -0.15) is 0 Å². The zero-order chi connectivity index (χ0) is 37.1. The van der Waals surface area contributed by atoms with Crippen LogP contribution in [0.2, 0.25) is 0 Å². The van der Waals surface area contributed by atoms with Crippen LogP contribution in [0.25, 0.3) is 0 Å². The minimum atomic E-state index is -1.04. The standard InChI is InChI=1S/C32H50N6O12/c1-7-24(39)45-17-20-48-30(42)35(4)27-33-28(36(5)31(43)49-21-18-46-25(40)8-2)38(23-15-13-11-10-12-14-16-23)29(34-27)37(6)32(44)50-22-19-47-26(41)9-3/h7-9,23,27-29,33-34H,1-3,10-22H2,4-6H3. The summed E-state index contributed by atoms with van der Waals surface area (Å²) >= 11 is 0. The lowest BCUT2D eigenvalue weighted by Crippen LogP contribution is -2.80. The summed E-state index contributed by atoms with van der Waals surface area (Å²) in [5.41, 5.74) is 0. The highest BCUT2D eigenvalue weighted by atomic mass is 16.6. The van der Waals surface area contributed by atoms with Gasteiger partial charge in [0.15, 0.2) is 0 Å².